The van der Waals surface area contributed by atoms with E-state index in [1.807, 2.05) is 34.7 Å². The highest BCUT2D eigenvalue weighted by atomic mass is 32.1. The van der Waals surface area contributed by atoms with E-state index in [1.165, 1.54) is 0 Å². The zero-order chi connectivity index (χ0) is 21.9. The second-order valence-corrected chi connectivity index (χ2v) is 9.59. The maximum Gasteiger partial charge on any atom is 0.255 e. The number of amides is 1. The Hall–Kier alpha value is -2.84. The van der Waals surface area contributed by atoms with Crippen LogP contribution in [0.3, 0.4) is 0 Å². The number of hydrogen-bond donors (Lipinski definition) is 1. The van der Waals surface area contributed by atoms with Crippen molar-refractivity contribution in [2.45, 2.75) is 51.2 Å². The van der Waals surface area contributed by atoms with Crippen LogP contribution in [0.4, 0.5) is 0 Å². The molecule has 0 saturated carbocycles. The first-order chi connectivity index (χ1) is 15.7. The predicted molar refractivity (Wildman–Crippen MR) is 123 cm³/mol. The molecule has 0 bridgehead atoms. The summed E-state index contributed by atoms with van der Waals surface area (Å²) in [6.45, 7) is 2.92. The lowest BCUT2D eigenvalue weighted by atomic mass is 9.99. The van der Waals surface area contributed by atoms with Gasteiger partial charge in [-0.15, -0.1) is 11.3 Å². The molecular formula is C24H27N5O2S. The lowest BCUT2D eigenvalue weighted by molar-refractivity contribution is -0.134. The van der Waals surface area contributed by atoms with Crippen molar-refractivity contribution >= 4 is 17.2 Å². The zero-order valence-corrected chi connectivity index (χ0v) is 18.8. The first kappa shape index (κ1) is 21.0. The van der Waals surface area contributed by atoms with Gasteiger partial charge in [0.2, 0.25) is 5.91 Å². The van der Waals surface area contributed by atoms with Crippen LogP contribution < -0.4 is 5.56 Å². The Balaban J connectivity index is 1.35. The summed E-state index contributed by atoms with van der Waals surface area (Å²) < 4.78 is 0. The summed E-state index contributed by atoms with van der Waals surface area (Å²) in [5.74, 6) is 0.758. The Morgan fingerprint density at radius 3 is 2.97 bits per heavy atom. The average Bonchev–Trinajstić information content (AvgIpc) is 3.33. The second kappa shape index (κ2) is 9.34. The summed E-state index contributed by atoms with van der Waals surface area (Å²) in [6.07, 6.45) is 7.65. The number of nitrogens with zero attached hydrogens (tertiary/aromatic N) is 4. The van der Waals surface area contributed by atoms with Crippen LogP contribution in [-0.4, -0.2) is 43.7 Å². The SMILES string of the molecule is O=C(Cc1cccs1)N1CCCCC1c1nc2c(c(=O)[nH]1)CN(Cc1cccnc1)CC2. The van der Waals surface area contributed by atoms with Gasteiger partial charge < -0.3 is 9.88 Å². The van der Waals surface area contributed by atoms with E-state index >= 15 is 0 Å². The van der Waals surface area contributed by atoms with Crippen molar-refractivity contribution in [2.24, 2.45) is 0 Å². The van der Waals surface area contributed by atoms with Crippen LogP contribution in [0.25, 0.3) is 0 Å². The van der Waals surface area contributed by atoms with E-state index in [1.54, 1.807) is 17.5 Å². The van der Waals surface area contributed by atoms with Gasteiger partial charge in [0.05, 0.1) is 23.7 Å². The molecule has 0 radical (unpaired) electrons. The molecule has 1 fully saturated rings. The molecule has 0 spiro atoms. The minimum absolute atomic E-state index is 0.0721. The number of H-pyrrole nitrogens is 1. The molecular weight excluding hydrogens is 422 g/mol. The molecule has 0 aromatic carbocycles. The van der Waals surface area contributed by atoms with Gasteiger partial charge in [-0.2, -0.15) is 0 Å². The number of carbonyl (C=O) groups is 1. The molecule has 166 valence electrons. The topological polar surface area (TPSA) is 82.2 Å². The number of pyridine rings is 1. The van der Waals surface area contributed by atoms with E-state index in [4.69, 9.17) is 4.98 Å². The standard InChI is InChI=1S/C24H27N5O2S/c30-22(13-18-6-4-12-32-18)29-10-2-1-7-21(29)23-26-20-8-11-28(16-19(20)24(31)27-23)15-17-5-3-9-25-14-17/h3-6,9,12,14,21H,1-2,7-8,10-11,13,15-16H2,(H,26,27,31). The molecule has 0 aliphatic carbocycles. The van der Waals surface area contributed by atoms with Gasteiger partial charge in [0.1, 0.15) is 5.82 Å². The van der Waals surface area contributed by atoms with Gasteiger partial charge in [-0.05, 0) is 42.3 Å². The van der Waals surface area contributed by atoms with Gasteiger partial charge in [0.15, 0.2) is 0 Å². The van der Waals surface area contributed by atoms with Crippen LogP contribution in [0.5, 0.6) is 0 Å². The summed E-state index contributed by atoms with van der Waals surface area (Å²) in [5, 5.41) is 2.00. The number of aromatic amines is 1. The summed E-state index contributed by atoms with van der Waals surface area (Å²) in [4.78, 5) is 43.4. The maximum absolute atomic E-state index is 13.0. The first-order valence-electron chi connectivity index (χ1n) is 11.2. The van der Waals surface area contributed by atoms with Crippen LogP contribution in [0.2, 0.25) is 0 Å². The molecule has 1 N–H and O–H groups in total. The number of hydrogen-bond acceptors (Lipinski definition) is 6. The van der Waals surface area contributed by atoms with E-state index in [0.29, 0.717) is 25.3 Å². The van der Waals surface area contributed by atoms with Crippen molar-refractivity contribution in [3.63, 3.8) is 0 Å². The van der Waals surface area contributed by atoms with E-state index < -0.39 is 0 Å². The van der Waals surface area contributed by atoms with E-state index in [2.05, 4.69) is 20.9 Å². The second-order valence-electron chi connectivity index (χ2n) is 8.55. The molecule has 1 saturated heterocycles. The summed E-state index contributed by atoms with van der Waals surface area (Å²) in [5.41, 5.74) is 2.69. The molecule has 1 unspecified atom stereocenters. The number of piperidine rings is 1. The fourth-order valence-corrected chi connectivity index (χ4v) is 5.42. The number of nitrogens with one attached hydrogen (secondary N) is 1. The Kier molecular flexibility index (Phi) is 6.14. The monoisotopic (exact) mass is 449 g/mol. The van der Waals surface area contributed by atoms with Crippen molar-refractivity contribution in [2.75, 3.05) is 13.1 Å². The Bertz CT molecular complexity index is 1130. The molecule has 7 nitrogen and oxygen atoms in total. The number of likely N-dealkylation sites (tertiary alicyclic amines) is 1. The number of rotatable bonds is 5. The summed E-state index contributed by atoms with van der Waals surface area (Å²) in [6, 6.07) is 7.81. The predicted octanol–water partition coefficient (Wildman–Crippen LogP) is 3.08. The van der Waals surface area contributed by atoms with Crippen LogP contribution in [0.15, 0.2) is 46.8 Å². The number of carbonyl (C=O) groups excluding carboxylic acids is 1. The molecule has 2 aliphatic heterocycles. The largest absolute Gasteiger partial charge is 0.332 e. The van der Waals surface area contributed by atoms with E-state index in [-0.39, 0.29) is 17.5 Å². The molecule has 1 atom stereocenters. The van der Waals surface area contributed by atoms with Gasteiger partial charge in [0, 0.05) is 49.9 Å². The van der Waals surface area contributed by atoms with Crippen molar-refractivity contribution in [3.8, 4) is 0 Å². The highest BCUT2D eigenvalue weighted by Gasteiger charge is 2.31. The molecule has 5 rings (SSSR count). The Morgan fingerprint density at radius 1 is 1.22 bits per heavy atom. The molecule has 2 aliphatic rings. The van der Waals surface area contributed by atoms with Gasteiger partial charge in [-0.1, -0.05) is 12.1 Å². The molecule has 8 heteroatoms. The van der Waals surface area contributed by atoms with Gasteiger partial charge in [-0.25, -0.2) is 4.98 Å². The Morgan fingerprint density at radius 2 is 2.16 bits per heavy atom. The first-order valence-corrected chi connectivity index (χ1v) is 12.1. The number of thiophene rings is 1. The third-order valence-corrected chi connectivity index (χ3v) is 7.22. The maximum atomic E-state index is 13.0. The van der Waals surface area contributed by atoms with E-state index in [0.717, 1.165) is 60.5 Å². The molecule has 5 heterocycles. The van der Waals surface area contributed by atoms with Gasteiger partial charge in [-0.3, -0.25) is 19.5 Å². The third-order valence-electron chi connectivity index (χ3n) is 6.34. The minimum Gasteiger partial charge on any atom is -0.332 e. The minimum atomic E-state index is -0.150. The normalized spacial score (nSPS) is 19.0. The van der Waals surface area contributed by atoms with Crippen LogP contribution in [0.1, 0.15) is 52.8 Å². The van der Waals surface area contributed by atoms with Crippen molar-refractivity contribution < 1.29 is 4.79 Å². The summed E-state index contributed by atoms with van der Waals surface area (Å²) >= 11 is 1.60. The zero-order valence-electron chi connectivity index (χ0n) is 18.0. The summed E-state index contributed by atoms with van der Waals surface area (Å²) in [7, 11) is 0. The average molecular weight is 450 g/mol. The lowest BCUT2D eigenvalue weighted by Gasteiger charge is -2.36. The third kappa shape index (κ3) is 4.52. The van der Waals surface area contributed by atoms with Gasteiger partial charge >= 0.3 is 0 Å². The van der Waals surface area contributed by atoms with Crippen LogP contribution in [-0.2, 0) is 30.7 Å². The fraction of sp³-hybridized carbons (Fsp3) is 0.417. The van der Waals surface area contributed by atoms with Gasteiger partial charge in [0.25, 0.3) is 5.56 Å². The molecule has 1 amide bonds. The Labute approximate surface area is 191 Å². The van der Waals surface area contributed by atoms with Crippen LogP contribution >= 0.6 is 11.3 Å². The smallest absolute Gasteiger partial charge is 0.255 e. The van der Waals surface area contributed by atoms with E-state index in [9.17, 15) is 9.59 Å². The fourth-order valence-electron chi connectivity index (χ4n) is 4.72. The highest BCUT2D eigenvalue weighted by Crippen LogP contribution is 2.30. The van der Waals surface area contributed by atoms with Crippen molar-refractivity contribution in [3.05, 3.63) is 79.9 Å². The van der Waals surface area contributed by atoms with Crippen molar-refractivity contribution in [1.82, 2.24) is 24.8 Å². The highest BCUT2D eigenvalue weighted by molar-refractivity contribution is 7.10. The quantitative estimate of drug-likeness (QED) is 0.647. The molecule has 3 aromatic heterocycles. The lowest BCUT2D eigenvalue weighted by Crippen LogP contribution is -2.42. The van der Waals surface area contributed by atoms with Crippen LogP contribution in [0, 0.1) is 0 Å². The van der Waals surface area contributed by atoms with Crippen molar-refractivity contribution in [1.29, 1.82) is 0 Å². The molecule has 3 aromatic rings. The number of aromatic nitrogens is 3. The molecule has 32 heavy (non-hydrogen) atoms. The number of fused-ring (bicyclic) bond motifs is 1.